The topological polar surface area (TPSA) is 59.6 Å². The number of carbonyl (C=O) groups is 1. The molecule has 2 N–H and O–H groups in total. The molecule has 0 heterocycles. The molecule has 0 saturated heterocycles. The van der Waals surface area contributed by atoms with Gasteiger partial charge in [-0.1, -0.05) is 31.2 Å². The normalized spacial score (nSPS) is 10.3. The Bertz CT molecular complexity index is 772. The molecule has 138 valence electrons. The van der Waals surface area contributed by atoms with E-state index in [4.69, 9.17) is 9.47 Å². The van der Waals surface area contributed by atoms with Crippen molar-refractivity contribution in [3.05, 3.63) is 65.7 Å². The van der Waals surface area contributed by atoms with E-state index in [1.807, 2.05) is 37.3 Å². The predicted octanol–water partition coefficient (Wildman–Crippen LogP) is 3.79. The Kier molecular flexibility index (Phi) is 7.24. The van der Waals surface area contributed by atoms with Crippen LogP contribution >= 0.6 is 0 Å². The molecule has 1 amide bonds. The van der Waals surface area contributed by atoms with Crippen LogP contribution in [0.3, 0.4) is 0 Å². The Morgan fingerprint density at radius 1 is 1.15 bits per heavy atom. The van der Waals surface area contributed by atoms with E-state index in [2.05, 4.69) is 17.2 Å². The molecule has 0 aliphatic rings. The summed E-state index contributed by atoms with van der Waals surface area (Å²) < 4.78 is 10.8. The second-order valence-electron chi connectivity index (χ2n) is 5.76. The molecule has 26 heavy (non-hydrogen) atoms. The summed E-state index contributed by atoms with van der Waals surface area (Å²) in [5.74, 6) is 0.953. The van der Waals surface area contributed by atoms with E-state index in [0.717, 1.165) is 23.4 Å². The van der Waals surface area contributed by atoms with Crippen molar-refractivity contribution in [3.63, 3.8) is 0 Å². The second kappa shape index (κ2) is 9.63. The summed E-state index contributed by atoms with van der Waals surface area (Å²) in [5.41, 5.74) is 3.19. The van der Waals surface area contributed by atoms with Crippen LogP contribution in [0.25, 0.3) is 0 Å². The Morgan fingerprint density at radius 3 is 2.58 bits per heavy atom. The monoisotopic (exact) mass is 354 g/mol. The van der Waals surface area contributed by atoms with Crippen molar-refractivity contribution in [3.8, 4) is 11.5 Å². The summed E-state index contributed by atoms with van der Waals surface area (Å²) in [6.07, 6.45) is 2.35. The van der Waals surface area contributed by atoms with Gasteiger partial charge in [-0.3, -0.25) is 4.79 Å². The smallest absolute Gasteiger partial charge is 0.255 e. The van der Waals surface area contributed by atoms with Crippen LogP contribution < -0.4 is 20.1 Å². The molecule has 0 fully saturated rings. The number of nitrogens with one attached hydrogen (secondary N) is 2. The van der Waals surface area contributed by atoms with Gasteiger partial charge in [-0.2, -0.15) is 0 Å². The minimum atomic E-state index is -0.194. The molecule has 0 radical (unpaired) electrons. The second-order valence-corrected chi connectivity index (χ2v) is 5.76. The molecule has 0 unspecified atom stereocenters. The van der Waals surface area contributed by atoms with Crippen molar-refractivity contribution in [1.29, 1.82) is 0 Å². The number of allylic oxidation sites excluding steroid dienone is 1. The van der Waals surface area contributed by atoms with Gasteiger partial charge in [-0.25, -0.2) is 0 Å². The maximum absolute atomic E-state index is 12.8. The van der Waals surface area contributed by atoms with Crippen LogP contribution in [0.5, 0.6) is 11.5 Å². The standard InChI is InChI=1S/C21H26N2O3/c1-5-9-15-12-17(13-19(25-3)20(15)26-4)21(24)23-18-11-8-7-10-16(18)14-22-6-2/h5,7-8,10-13,22H,1,6,9,14H2,2-4H3,(H,23,24). The van der Waals surface area contributed by atoms with Gasteiger partial charge in [0.1, 0.15) is 0 Å². The third kappa shape index (κ3) is 4.64. The fraction of sp³-hybridized carbons (Fsp3) is 0.286. The minimum absolute atomic E-state index is 0.194. The van der Waals surface area contributed by atoms with Crippen molar-refractivity contribution in [2.45, 2.75) is 19.9 Å². The molecular formula is C21H26N2O3. The summed E-state index contributed by atoms with van der Waals surface area (Å²) in [4.78, 5) is 12.8. The van der Waals surface area contributed by atoms with E-state index in [1.165, 1.54) is 0 Å². The first kappa shape index (κ1) is 19.5. The number of anilines is 1. The van der Waals surface area contributed by atoms with E-state index in [-0.39, 0.29) is 5.91 Å². The minimum Gasteiger partial charge on any atom is -0.493 e. The lowest BCUT2D eigenvalue weighted by Crippen LogP contribution is -2.17. The maximum Gasteiger partial charge on any atom is 0.255 e. The van der Waals surface area contributed by atoms with Crippen molar-refractivity contribution < 1.29 is 14.3 Å². The van der Waals surface area contributed by atoms with Gasteiger partial charge in [0.15, 0.2) is 11.5 Å². The van der Waals surface area contributed by atoms with Crippen molar-refractivity contribution in [2.75, 3.05) is 26.1 Å². The van der Waals surface area contributed by atoms with Gasteiger partial charge in [0.2, 0.25) is 0 Å². The van der Waals surface area contributed by atoms with E-state index in [0.29, 0.717) is 30.0 Å². The third-order valence-electron chi connectivity index (χ3n) is 4.01. The predicted molar refractivity (Wildman–Crippen MR) is 105 cm³/mol. The number of hydrogen-bond acceptors (Lipinski definition) is 4. The van der Waals surface area contributed by atoms with E-state index >= 15 is 0 Å². The first-order valence-electron chi connectivity index (χ1n) is 8.60. The van der Waals surface area contributed by atoms with Crippen molar-refractivity contribution in [1.82, 2.24) is 5.32 Å². The zero-order valence-electron chi connectivity index (χ0n) is 15.6. The average molecular weight is 354 g/mol. The molecule has 5 heteroatoms. The summed E-state index contributed by atoms with van der Waals surface area (Å²) in [5, 5.41) is 6.27. The Labute approximate surface area is 155 Å². The third-order valence-corrected chi connectivity index (χ3v) is 4.01. The quantitative estimate of drug-likeness (QED) is 0.673. The Balaban J connectivity index is 2.32. The molecule has 0 aromatic heterocycles. The van der Waals surface area contributed by atoms with Crippen LogP contribution in [0.1, 0.15) is 28.4 Å². The van der Waals surface area contributed by atoms with Crippen LogP contribution in [0, 0.1) is 0 Å². The highest BCUT2D eigenvalue weighted by molar-refractivity contribution is 6.05. The van der Waals surface area contributed by atoms with Gasteiger partial charge in [0.25, 0.3) is 5.91 Å². The first-order valence-corrected chi connectivity index (χ1v) is 8.60. The maximum atomic E-state index is 12.8. The van der Waals surface area contributed by atoms with Crippen LogP contribution in [0.2, 0.25) is 0 Å². The lowest BCUT2D eigenvalue weighted by atomic mass is 10.0. The van der Waals surface area contributed by atoms with E-state index < -0.39 is 0 Å². The van der Waals surface area contributed by atoms with Crippen molar-refractivity contribution >= 4 is 11.6 Å². The molecule has 0 aliphatic heterocycles. The van der Waals surface area contributed by atoms with Gasteiger partial charge in [0.05, 0.1) is 14.2 Å². The van der Waals surface area contributed by atoms with E-state index in [1.54, 1.807) is 26.4 Å². The average Bonchev–Trinajstić information content (AvgIpc) is 2.66. The summed E-state index contributed by atoms with van der Waals surface area (Å²) in [6, 6.07) is 11.3. The molecule has 0 aliphatic carbocycles. The highest BCUT2D eigenvalue weighted by Crippen LogP contribution is 2.33. The molecule has 0 atom stereocenters. The molecule has 5 nitrogen and oxygen atoms in total. The summed E-state index contributed by atoms with van der Waals surface area (Å²) in [7, 11) is 3.14. The highest BCUT2D eigenvalue weighted by atomic mass is 16.5. The van der Waals surface area contributed by atoms with Gasteiger partial charge >= 0.3 is 0 Å². The highest BCUT2D eigenvalue weighted by Gasteiger charge is 2.16. The Hall–Kier alpha value is -2.79. The zero-order chi connectivity index (χ0) is 18.9. The molecule has 0 bridgehead atoms. The van der Waals surface area contributed by atoms with Crippen molar-refractivity contribution in [2.24, 2.45) is 0 Å². The number of methoxy groups -OCH3 is 2. The Morgan fingerprint density at radius 2 is 1.92 bits per heavy atom. The molecule has 2 aromatic carbocycles. The van der Waals surface area contributed by atoms with Crippen LogP contribution in [0.4, 0.5) is 5.69 Å². The number of benzene rings is 2. The van der Waals surface area contributed by atoms with Gasteiger partial charge < -0.3 is 20.1 Å². The number of para-hydroxylation sites is 1. The summed E-state index contributed by atoms with van der Waals surface area (Å²) >= 11 is 0. The van der Waals surface area contributed by atoms with Gasteiger partial charge in [-0.05, 0) is 36.7 Å². The number of carbonyl (C=O) groups excluding carboxylic acids is 1. The van der Waals surface area contributed by atoms with E-state index in [9.17, 15) is 4.79 Å². The van der Waals surface area contributed by atoms with Gasteiger partial charge in [-0.15, -0.1) is 6.58 Å². The number of amides is 1. The molecule has 2 aromatic rings. The molecule has 2 rings (SSSR count). The molecule has 0 spiro atoms. The summed E-state index contributed by atoms with van der Waals surface area (Å²) in [6.45, 7) is 7.37. The number of rotatable bonds is 9. The SMILES string of the molecule is C=CCc1cc(C(=O)Nc2ccccc2CNCC)cc(OC)c1OC. The molecular weight excluding hydrogens is 328 g/mol. The lowest BCUT2D eigenvalue weighted by Gasteiger charge is -2.15. The fourth-order valence-electron chi connectivity index (χ4n) is 2.73. The lowest BCUT2D eigenvalue weighted by molar-refractivity contribution is 0.102. The fourth-order valence-corrected chi connectivity index (χ4v) is 2.73. The van der Waals surface area contributed by atoms with Crippen LogP contribution in [0.15, 0.2) is 49.1 Å². The number of ether oxygens (including phenoxy) is 2. The van der Waals surface area contributed by atoms with Crippen LogP contribution in [-0.2, 0) is 13.0 Å². The first-order chi connectivity index (χ1) is 12.6. The van der Waals surface area contributed by atoms with Gasteiger partial charge in [0, 0.05) is 23.4 Å². The zero-order valence-corrected chi connectivity index (χ0v) is 15.6. The molecule has 0 saturated carbocycles. The van der Waals surface area contributed by atoms with Crippen LogP contribution in [-0.4, -0.2) is 26.7 Å². The largest absolute Gasteiger partial charge is 0.493 e. The number of hydrogen-bond donors (Lipinski definition) is 2.